The number of aromatic amines is 1. The number of carbonyl (C=O) groups is 1. The van der Waals surface area contributed by atoms with Crippen LogP contribution in [-0.4, -0.2) is 46.6 Å². The zero-order chi connectivity index (χ0) is 27.7. The van der Waals surface area contributed by atoms with Gasteiger partial charge in [-0.1, -0.05) is 18.5 Å². The van der Waals surface area contributed by atoms with Gasteiger partial charge in [-0.2, -0.15) is 0 Å². The van der Waals surface area contributed by atoms with Crippen LogP contribution in [0.5, 0.6) is 0 Å². The van der Waals surface area contributed by atoms with Gasteiger partial charge in [-0.05, 0) is 62.6 Å². The normalized spacial score (nSPS) is 14.5. The summed E-state index contributed by atoms with van der Waals surface area (Å²) in [6.07, 6.45) is 4.96. The van der Waals surface area contributed by atoms with Crippen molar-refractivity contribution in [2.45, 2.75) is 46.7 Å². The Bertz CT molecular complexity index is 1570. The number of aromatic nitrogens is 3. The van der Waals surface area contributed by atoms with Crippen LogP contribution in [-0.2, 0) is 6.54 Å². The molecule has 0 radical (unpaired) electrons. The zero-order valence-corrected chi connectivity index (χ0v) is 23.7. The maximum absolute atomic E-state index is 13.7. The van der Waals surface area contributed by atoms with Crippen molar-refractivity contribution in [1.82, 2.24) is 25.2 Å². The first kappa shape index (κ1) is 27.0. The number of carbonyl (C=O) groups excluding carboxylic acids is 1. The molecule has 1 atom stereocenters. The summed E-state index contributed by atoms with van der Waals surface area (Å²) in [5.41, 5.74) is 5.26. The number of hydrogen-bond acceptors (Lipinski definition) is 5. The van der Waals surface area contributed by atoms with E-state index in [1.54, 1.807) is 6.92 Å². The van der Waals surface area contributed by atoms with Crippen LogP contribution in [0.1, 0.15) is 53.5 Å². The molecule has 0 bridgehead atoms. The molecule has 1 fully saturated rings. The van der Waals surface area contributed by atoms with Crippen LogP contribution in [0.2, 0.25) is 5.15 Å². The topological polar surface area (TPSA) is 95.0 Å². The molecule has 1 aliphatic rings. The first-order valence-electron chi connectivity index (χ1n) is 13.5. The predicted octanol–water partition coefficient (Wildman–Crippen LogP) is 4.97. The number of H-pyrrole nitrogens is 1. The predicted molar refractivity (Wildman–Crippen MR) is 158 cm³/mol. The molecular formula is C30H35ClN6O2. The van der Waals surface area contributed by atoms with Crippen LogP contribution < -0.4 is 21.0 Å². The number of rotatable bonds is 7. The Labute approximate surface area is 233 Å². The van der Waals surface area contributed by atoms with E-state index in [-0.39, 0.29) is 29.1 Å². The fraction of sp³-hybridized carbons (Fsp3) is 0.367. The van der Waals surface area contributed by atoms with Crippen LogP contribution >= 0.6 is 11.6 Å². The van der Waals surface area contributed by atoms with Gasteiger partial charge in [-0.3, -0.25) is 9.59 Å². The van der Waals surface area contributed by atoms with Gasteiger partial charge in [-0.15, -0.1) is 0 Å². The molecule has 39 heavy (non-hydrogen) atoms. The van der Waals surface area contributed by atoms with E-state index in [2.05, 4.69) is 63.3 Å². The Morgan fingerprint density at radius 2 is 1.92 bits per heavy atom. The van der Waals surface area contributed by atoms with E-state index in [4.69, 9.17) is 16.6 Å². The molecule has 1 aromatic carbocycles. The van der Waals surface area contributed by atoms with E-state index < -0.39 is 0 Å². The van der Waals surface area contributed by atoms with Gasteiger partial charge < -0.3 is 25.1 Å². The summed E-state index contributed by atoms with van der Waals surface area (Å²) in [4.78, 5) is 36.1. The van der Waals surface area contributed by atoms with Crippen LogP contribution in [0.15, 0.2) is 47.5 Å². The maximum Gasteiger partial charge on any atom is 0.252 e. The first-order valence-corrected chi connectivity index (χ1v) is 13.9. The molecule has 8 nitrogen and oxygen atoms in total. The molecule has 4 aromatic rings. The Hall–Kier alpha value is -3.62. The summed E-state index contributed by atoms with van der Waals surface area (Å²) in [6.45, 7) is 11.9. The number of halogens is 1. The second-order valence-electron chi connectivity index (χ2n) is 10.3. The lowest BCUT2D eigenvalue weighted by Crippen LogP contribution is -2.43. The lowest BCUT2D eigenvalue weighted by molar-refractivity contribution is 0.0952. The molecule has 0 saturated carbocycles. The Balaban J connectivity index is 1.54. The van der Waals surface area contributed by atoms with Crippen LogP contribution in [0.3, 0.4) is 0 Å². The SMILES string of the molecule is CC[C@@H](C)n1cc(C)c2c(C(=O)NCc3c(Cl)[nH]c(C)cc3=O)cc(-c3ccc(N4CCNCC4)nc3)cc21. The quantitative estimate of drug-likeness (QED) is 0.284. The van der Waals surface area contributed by atoms with Crippen molar-refractivity contribution in [3.63, 3.8) is 0 Å². The number of anilines is 1. The molecule has 0 unspecified atom stereocenters. The lowest BCUT2D eigenvalue weighted by atomic mass is 9.98. The monoisotopic (exact) mass is 546 g/mol. The van der Waals surface area contributed by atoms with E-state index in [0.29, 0.717) is 16.8 Å². The summed E-state index contributed by atoms with van der Waals surface area (Å²) < 4.78 is 2.25. The highest BCUT2D eigenvalue weighted by atomic mass is 35.5. The van der Waals surface area contributed by atoms with Crippen molar-refractivity contribution in [3.05, 3.63) is 80.5 Å². The fourth-order valence-electron chi connectivity index (χ4n) is 5.24. The van der Waals surface area contributed by atoms with Crippen molar-refractivity contribution < 1.29 is 4.79 Å². The maximum atomic E-state index is 13.7. The Morgan fingerprint density at radius 1 is 1.15 bits per heavy atom. The molecule has 204 valence electrons. The van der Waals surface area contributed by atoms with E-state index in [1.807, 2.05) is 19.2 Å². The van der Waals surface area contributed by atoms with Gasteiger partial charge in [0.2, 0.25) is 0 Å². The number of fused-ring (bicyclic) bond motifs is 1. The van der Waals surface area contributed by atoms with E-state index in [0.717, 1.165) is 66.0 Å². The minimum atomic E-state index is -0.256. The molecule has 4 heterocycles. The first-order chi connectivity index (χ1) is 18.8. The number of nitrogens with one attached hydrogen (secondary N) is 3. The summed E-state index contributed by atoms with van der Waals surface area (Å²) in [6, 6.07) is 9.95. The number of aryl methyl sites for hydroxylation is 2. The summed E-state index contributed by atoms with van der Waals surface area (Å²) >= 11 is 6.29. The summed E-state index contributed by atoms with van der Waals surface area (Å²) in [5.74, 6) is 0.701. The van der Waals surface area contributed by atoms with E-state index >= 15 is 0 Å². The van der Waals surface area contributed by atoms with Crippen LogP contribution in [0, 0.1) is 13.8 Å². The standard InChI is InChI=1S/C30H35ClN6O2/c1-5-20(4)37-17-18(2)28-23(30(39)34-16-24-26(38)12-19(3)35-29(24)31)13-22(14-25(28)37)21-6-7-27(33-15-21)36-10-8-32-9-11-36/h6-7,12-15,17,20,32H,5,8-11,16H2,1-4H3,(H,34,39)(H,35,38)/t20-/m1/s1. The van der Waals surface area contributed by atoms with Gasteiger partial charge in [0.25, 0.3) is 5.91 Å². The Kier molecular flexibility index (Phi) is 7.77. The van der Waals surface area contributed by atoms with E-state index in [9.17, 15) is 9.59 Å². The number of hydrogen-bond donors (Lipinski definition) is 3. The molecule has 9 heteroatoms. The molecule has 1 amide bonds. The van der Waals surface area contributed by atoms with Gasteiger partial charge in [-0.25, -0.2) is 4.98 Å². The zero-order valence-electron chi connectivity index (χ0n) is 22.9. The van der Waals surface area contributed by atoms with Crippen molar-refractivity contribution in [3.8, 4) is 11.1 Å². The average Bonchev–Trinajstić information content (AvgIpc) is 3.28. The van der Waals surface area contributed by atoms with Crippen molar-refractivity contribution in [1.29, 1.82) is 0 Å². The minimum absolute atomic E-state index is 0.0328. The largest absolute Gasteiger partial charge is 0.354 e. The highest BCUT2D eigenvalue weighted by molar-refractivity contribution is 6.30. The molecular weight excluding hydrogens is 512 g/mol. The van der Waals surface area contributed by atoms with Gasteiger partial charge in [0.15, 0.2) is 5.43 Å². The second kappa shape index (κ2) is 11.2. The average molecular weight is 547 g/mol. The molecule has 1 aliphatic heterocycles. The number of benzene rings is 1. The molecule has 0 spiro atoms. The van der Waals surface area contributed by atoms with Gasteiger partial charge in [0, 0.05) is 84.9 Å². The smallest absolute Gasteiger partial charge is 0.252 e. The van der Waals surface area contributed by atoms with E-state index in [1.165, 1.54) is 6.07 Å². The molecule has 3 aromatic heterocycles. The fourth-order valence-corrected chi connectivity index (χ4v) is 5.55. The Morgan fingerprint density at radius 3 is 2.59 bits per heavy atom. The molecule has 1 saturated heterocycles. The highest BCUT2D eigenvalue weighted by Crippen LogP contribution is 2.34. The van der Waals surface area contributed by atoms with Crippen molar-refractivity contribution in [2.75, 3.05) is 31.1 Å². The van der Waals surface area contributed by atoms with Crippen LogP contribution in [0.25, 0.3) is 22.0 Å². The highest BCUT2D eigenvalue weighted by Gasteiger charge is 2.20. The second-order valence-corrected chi connectivity index (χ2v) is 10.7. The lowest BCUT2D eigenvalue weighted by Gasteiger charge is -2.28. The molecule has 0 aliphatic carbocycles. The van der Waals surface area contributed by atoms with Crippen molar-refractivity contribution >= 4 is 34.2 Å². The third-order valence-electron chi connectivity index (χ3n) is 7.60. The van der Waals surface area contributed by atoms with Gasteiger partial charge in [0.05, 0.1) is 5.56 Å². The van der Waals surface area contributed by atoms with Gasteiger partial charge in [0.1, 0.15) is 11.0 Å². The number of piperazine rings is 1. The minimum Gasteiger partial charge on any atom is -0.354 e. The number of nitrogens with zero attached hydrogens (tertiary/aromatic N) is 3. The molecule has 3 N–H and O–H groups in total. The molecule has 5 rings (SSSR count). The summed E-state index contributed by atoms with van der Waals surface area (Å²) in [7, 11) is 0. The number of pyridine rings is 2. The summed E-state index contributed by atoms with van der Waals surface area (Å²) in [5, 5.41) is 7.46. The number of amides is 1. The van der Waals surface area contributed by atoms with Crippen molar-refractivity contribution in [2.24, 2.45) is 0 Å². The third kappa shape index (κ3) is 5.44. The third-order valence-corrected chi connectivity index (χ3v) is 7.92. The van der Waals surface area contributed by atoms with Crippen LogP contribution in [0.4, 0.5) is 5.82 Å². The van der Waals surface area contributed by atoms with Gasteiger partial charge >= 0.3 is 0 Å².